The van der Waals surface area contributed by atoms with E-state index in [-0.39, 0.29) is 5.91 Å². The maximum absolute atomic E-state index is 11.3. The number of rotatable bonds is 4. The molecule has 0 unspecified atom stereocenters. The minimum Gasteiger partial charge on any atom is -0.465 e. The van der Waals surface area contributed by atoms with Gasteiger partial charge in [-0.2, -0.15) is 0 Å². The molecular formula is C18H18N6O4S. The van der Waals surface area contributed by atoms with E-state index in [0.717, 1.165) is 4.70 Å². The molecule has 11 heteroatoms. The Labute approximate surface area is 169 Å². The van der Waals surface area contributed by atoms with Crippen molar-refractivity contribution in [3.05, 3.63) is 30.6 Å². The number of hydrogen-bond donors (Lipinski definition) is 2. The molecule has 0 atom stereocenters. The maximum Gasteiger partial charge on any atom is 0.407 e. The van der Waals surface area contributed by atoms with Crippen LogP contribution in [-0.4, -0.2) is 63.1 Å². The molecule has 0 aliphatic carbocycles. The van der Waals surface area contributed by atoms with Crippen molar-refractivity contribution in [2.24, 2.45) is 0 Å². The van der Waals surface area contributed by atoms with Gasteiger partial charge in [0.25, 0.3) is 0 Å². The maximum atomic E-state index is 11.3. The van der Waals surface area contributed by atoms with E-state index in [2.05, 4.69) is 20.3 Å². The van der Waals surface area contributed by atoms with E-state index in [4.69, 9.17) is 9.84 Å². The van der Waals surface area contributed by atoms with Crippen LogP contribution in [0.5, 0.6) is 11.6 Å². The minimum absolute atomic E-state index is 0.185. The van der Waals surface area contributed by atoms with Gasteiger partial charge in [-0.3, -0.25) is 4.79 Å². The van der Waals surface area contributed by atoms with Gasteiger partial charge in [-0.15, -0.1) is 0 Å². The minimum atomic E-state index is -0.911. The number of nitrogens with zero attached hydrogens (tertiary/aromatic N) is 5. The summed E-state index contributed by atoms with van der Waals surface area (Å²) in [4.78, 5) is 38.6. The van der Waals surface area contributed by atoms with Gasteiger partial charge >= 0.3 is 6.09 Å². The van der Waals surface area contributed by atoms with Crippen molar-refractivity contribution in [1.29, 1.82) is 0 Å². The first-order valence-corrected chi connectivity index (χ1v) is 9.71. The van der Waals surface area contributed by atoms with Crippen LogP contribution in [0.1, 0.15) is 6.92 Å². The number of para-hydroxylation sites is 1. The Balaban J connectivity index is 1.53. The number of carbonyl (C=O) groups excluding carboxylic acids is 1. The van der Waals surface area contributed by atoms with Crippen molar-refractivity contribution in [1.82, 2.24) is 19.9 Å². The number of carbonyl (C=O) groups is 2. The first-order chi connectivity index (χ1) is 14.0. The normalized spacial score (nSPS) is 14.1. The van der Waals surface area contributed by atoms with Crippen LogP contribution in [0.2, 0.25) is 0 Å². The first-order valence-electron chi connectivity index (χ1n) is 8.89. The Kier molecular flexibility index (Phi) is 5.12. The summed E-state index contributed by atoms with van der Waals surface area (Å²) in [5.41, 5.74) is 0.636. The number of nitrogens with one attached hydrogen (secondary N) is 1. The lowest BCUT2D eigenvalue weighted by atomic mass is 10.3. The lowest BCUT2D eigenvalue weighted by Gasteiger charge is -2.33. The van der Waals surface area contributed by atoms with Gasteiger partial charge in [0.05, 0.1) is 4.70 Å². The van der Waals surface area contributed by atoms with E-state index in [1.807, 2.05) is 17.0 Å². The van der Waals surface area contributed by atoms with Crippen molar-refractivity contribution in [2.45, 2.75) is 6.92 Å². The van der Waals surface area contributed by atoms with Crippen molar-refractivity contribution in [3.8, 4) is 11.6 Å². The van der Waals surface area contributed by atoms with Gasteiger partial charge in [0.15, 0.2) is 10.9 Å². The predicted octanol–water partition coefficient (Wildman–Crippen LogP) is 2.64. The van der Waals surface area contributed by atoms with Crippen LogP contribution >= 0.6 is 11.3 Å². The average Bonchev–Trinajstić information content (AvgIpc) is 3.11. The van der Waals surface area contributed by atoms with Gasteiger partial charge in [0.1, 0.15) is 17.7 Å². The Morgan fingerprint density at radius 3 is 2.72 bits per heavy atom. The van der Waals surface area contributed by atoms with Crippen LogP contribution in [0.4, 0.5) is 15.7 Å². The molecule has 150 valence electrons. The predicted molar refractivity (Wildman–Crippen MR) is 108 cm³/mol. The number of anilines is 2. The molecule has 29 heavy (non-hydrogen) atoms. The number of ether oxygens (including phenoxy) is 1. The summed E-state index contributed by atoms with van der Waals surface area (Å²) in [6.07, 6.45) is 0.504. The van der Waals surface area contributed by atoms with Gasteiger partial charge in [0, 0.05) is 39.2 Å². The van der Waals surface area contributed by atoms with Crippen LogP contribution < -0.4 is 15.0 Å². The zero-order valence-electron chi connectivity index (χ0n) is 15.5. The van der Waals surface area contributed by atoms with E-state index in [1.165, 1.54) is 29.5 Å². The molecule has 3 aromatic rings. The van der Waals surface area contributed by atoms with E-state index in [9.17, 15) is 9.59 Å². The standard InChI is InChI=1S/C18H18N6O4S/c1-11(25)21-17-22-16-12(3-2-4-13(16)29-17)28-15-9-14(19-10-20-15)23-5-7-24(8-6-23)18(26)27/h2-4,9-10H,5-8H2,1H3,(H,26,27)(H,21,22,25). The van der Waals surface area contributed by atoms with Crippen LogP contribution in [-0.2, 0) is 4.79 Å². The highest BCUT2D eigenvalue weighted by molar-refractivity contribution is 7.22. The molecule has 1 aliphatic rings. The molecule has 2 amide bonds. The third kappa shape index (κ3) is 4.19. The van der Waals surface area contributed by atoms with Crippen LogP contribution in [0.25, 0.3) is 10.2 Å². The summed E-state index contributed by atoms with van der Waals surface area (Å²) < 4.78 is 6.83. The highest BCUT2D eigenvalue weighted by Gasteiger charge is 2.22. The molecule has 4 rings (SSSR count). The summed E-state index contributed by atoms with van der Waals surface area (Å²) in [5.74, 6) is 1.37. The Morgan fingerprint density at radius 1 is 1.21 bits per heavy atom. The number of amides is 2. The average molecular weight is 414 g/mol. The first kappa shape index (κ1) is 18.9. The lowest BCUT2D eigenvalue weighted by Crippen LogP contribution is -2.48. The number of piperazine rings is 1. The smallest absolute Gasteiger partial charge is 0.407 e. The zero-order valence-corrected chi connectivity index (χ0v) is 16.3. The Hall–Kier alpha value is -3.47. The molecule has 10 nitrogen and oxygen atoms in total. The fourth-order valence-corrected chi connectivity index (χ4v) is 3.94. The summed E-state index contributed by atoms with van der Waals surface area (Å²) in [5, 5.41) is 12.3. The second kappa shape index (κ2) is 7.87. The van der Waals surface area contributed by atoms with E-state index in [0.29, 0.717) is 54.3 Å². The van der Waals surface area contributed by atoms with Crippen molar-refractivity contribution < 1.29 is 19.4 Å². The van der Waals surface area contributed by atoms with Crippen molar-refractivity contribution >= 4 is 44.5 Å². The largest absolute Gasteiger partial charge is 0.465 e. The van der Waals surface area contributed by atoms with Gasteiger partial charge in [0.2, 0.25) is 11.8 Å². The fraction of sp³-hybridized carbons (Fsp3) is 0.278. The second-order valence-electron chi connectivity index (χ2n) is 6.38. The number of fused-ring (bicyclic) bond motifs is 1. The Morgan fingerprint density at radius 2 is 2.00 bits per heavy atom. The topological polar surface area (TPSA) is 121 Å². The van der Waals surface area contributed by atoms with Gasteiger partial charge in [-0.1, -0.05) is 17.4 Å². The number of thiazole rings is 1. The summed E-state index contributed by atoms with van der Waals surface area (Å²) >= 11 is 1.36. The molecule has 1 aliphatic heterocycles. The number of carboxylic acid groups (broad SMARTS) is 1. The molecule has 2 aromatic heterocycles. The highest BCUT2D eigenvalue weighted by Crippen LogP contribution is 2.34. The zero-order chi connectivity index (χ0) is 20.4. The van der Waals surface area contributed by atoms with Crippen molar-refractivity contribution in [3.63, 3.8) is 0 Å². The molecule has 0 saturated carbocycles. The fourth-order valence-electron chi connectivity index (χ4n) is 3.01. The molecule has 0 radical (unpaired) electrons. The monoisotopic (exact) mass is 414 g/mol. The molecule has 0 bridgehead atoms. The molecular weight excluding hydrogens is 396 g/mol. The van der Waals surface area contributed by atoms with E-state index in [1.54, 1.807) is 12.1 Å². The number of aromatic nitrogens is 3. The highest BCUT2D eigenvalue weighted by atomic mass is 32.1. The summed E-state index contributed by atoms with van der Waals surface area (Å²) in [7, 11) is 0. The number of benzene rings is 1. The molecule has 1 fully saturated rings. The van der Waals surface area contributed by atoms with Gasteiger partial charge in [-0.05, 0) is 12.1 Å². The quantitative estimate of drug-likeness (QED) is 0.668. The molecule has 2 N–H and O–H groups in total. The molecule has 1 saturated heterocycles. The van der Waals surface area contributed by atoms with E-state index < -0.39 is 6.09 Å². The summed E-state index contributed by atoms with van der Waals surface area (Å²) in [6.45, 7) is 3.36. The molecule has 1 aromatic carbocycles. The van der Waals surface area contributed by atoms with Crippen molar-refractivity contribution in [2.75, 3.05) is 36.4 Å². The van der Waals surface area contributed by atoms with Crippen LogP contribution in [0.15, 0.2) is 30.6 Å². The van der Waals surface area contributed by atoms with Crippen LogP contribution in [0.3, 0.4) is 0 Å². The van der Waals surface area contributed by atoms with Gasteiger partial charge < -0.3 is 25.0 Å². The summed E-state index contributed by atoms with van der Waals surface area (Å²) in [6, 6.07) is 7.25. The molecule has 3 heterocycles. The van der Waals surface area contributed by atoms with Crippen LogP contribution in [0, 0.1) is 0 Å². The SMILES string of the molecule is CC(=O)Nc1nc2c(Oc3cc(N4CCN(C(=O)O)CC4)ncn3)cccc2s1. The molecule has 0 spiro atoms. The third-order valence-electron chi connectivity index (χ3n) is 4.38. The van der Waals surface area contributed by atoms with E-state index >= 15 is 0 Å². The second-order valence-corrected chi connectivity index (χ2v) is 7.41. The Bertz CT molecular complexity index is 1060. The third-order valence-corrected chi connectivity index (χ3v) is 5.32. The van der Waals surface area contributed by atoms with Gasteiger partial charge in [-0.25, -0.2) is 19.7 Å². The number of hydrogen-bond acceptors (Lipinski definition) is 8. The lowest BCUT2D eigenvalue weighted by molar-refractivity contribution is -0.114.